The monoisotopic (exact) mass is 1050 g/mol. The van der Waals surface area contributed by atoms with Crippen LogP contribution in [-0.4, -0.2) is 37.2 Å². The summed E-state index contributed by atoms with van der Waals surface area (Å²) in [6, 6.07) is 0. The van der Waals surface area contributed by atoms with Crippen molar-refractivity contribution in [2.75, 3.05) is 13.2 Å². The van der Waals surface area contributed by atoms with Gasteiger partial charge < -0.3 is 14.2 Å². The van der Waals surface area contributed by atoms with Gasteiger partial charge in [0.05, 0.1) is 0 Å². The van der Waals surface area contributed by atoms with Crippen LogP contribution < -0.4 is 0 Å². The molecule has 6 heteroatoms. The maximum Gasteiger partial charge on any atom is 0.306 e. The van der Waals surface area contributed by atoms with Crippen molar-refractivity contribution in [1.29, 1.82) is 0 Å². The zero-order valence-corrected chi connectivity index (χ0v) is 48.7. The Bertz CT molecular complexity index is 1720. The fourth-order valence-electron chi connectivity index (χ4n) is 7.78. The molecular weight excluding hydrogens is 937 g/mol. The van der Waals surface area contributed by atoms with Crippen molar-refractivity contribution in [2.24, 2.45) is 0 Å². The molecule has 426 valence electrons. The molecule has 0 aromatic carbocycles. The summed E-state index contributed by atoms with van der Waals surface area (Å²) in [6.07, 6.45) is 91.1. The normalized spacial score (nSPS) is 13.2. The molecule has 0 amide bonds. The fourth-order valence-corrected chi connectivity index (χ4v) is 7.78. The van der Waals surface area contributed by atoms with E-state index in [1.165, 1.54) is 44.9 Å². The molecule has 1 atom stereocenters. The summed E-state index contributed by atoms with van der Waals surface area (Å²) in [5.41, 5.74) is 0. The predicted molar refractivity (Wildman–Crippen MR) is 329 cm³/mol. The number of allylic oxidation sites excluding steroid dienone is 26. The molecule has 76 heavy (non-hydrogen) atoms. The van der Waals surface area contributed by atoms with Gasteiger partial charge in [0.25, 0.3) is 0 Å². The molecule has 0 aliphatic rings. The highest BCUT2D eigenvalue weighted by atomic mass is 16.6. The SMILES string of the molecule is CC/C=C\C/C=C\C/C=C\C/C=C\C/C=C\C/C=C\C/C=C\C/C=C\C/C=C\CCCCCC(=O)OCC(COC(=O)CCCCCCCCCC)OC(=O)CCCCCCCC/C=C\C/C=C\C/C=C\C/C=C\CC. The van der Waals surface area contributed by atoms with Crippen molar-refractivity contribution >= 4 is 17.9 Å². The van der Waals surface area contributed by atoms with Gasteiger partial charge >= 0.3 is 17.9 Å². The van der Waals surface area contributed by atoms with Crippen molar-refractivity contribution in [3.63, 3.8) is 0 Å². The molecule has 0 aliphatic carbocycles. The minimum absolute atomic E-state index is 0.0998. The Hall–Kier alpha value is -4.97. The molecule has 0 saturated heterocycles. The van der Waals surface area contributed by atoms with Gasteiger partial charge in [0.1, 0.15) is 13.2 Å². The van der Waals surface area contributed by atoms with Gasteiger partial charge in [-0.25, -0.2) is 0 Å². The number of carbonyl (C=O) groups is 3. The lowest BCUT2D eigenvalue weighted by Gasteiger charge is -2.18. The topological polar surface area (TPSA) is 78.9 Å². The number of rotatable bonds is 53. The maximum atomic E-state index is 12.8. The molecule has 0 radical (unpaired) electrons. The van der Waals surface area contributed by atoms with Crippen LogP contribution in [-0.2, 0) is 28.6 Å². The quantitative estimate of drug-likeness (QED) is 0.0261. The van der Waals surface area contributed by atoms with E-state index in [1.807, 2.05) is 0 Å². The third-order valence-electron chi connectivity index (χ3n) is 12.3. The lowest BCUT2D eigenvalue weighted by molar-refractivity contribution is -0.167. The van der Waals surface area contributed by atoms with Crippen LogP contribution in [0.15, 0.2) is 158 Å². The average Bonchev–Trinajstić information content (AvgIpc) is 3.42. The van der Waals surface area contributed by atoms with Crippen molar-refractivity contribution < 1.29 is 28.6 Å². The van der Waals surface area contributed by atoms with Crippen LogP contribution in [0.25, 0.3) is 0 Å². The second kappa shape index (κ2) is 62.6. The van der Waals surface area contributed by atoms with Gasteiger partial charge in [-0.1, -0.05) is 256 Å². The molecule has 0 aliphatic heterocycles. The van der Waals surface area contributed by atoms with Crippen molar-refractivity contribution in [1.82, 2.24) is 0 Å². The number of ether oxygens (including phenoxy) is 3. The Balaban J connectivity index is 4.32. The van der Waals surface area contributed by atoms with Gasteiger partial charge in [0.2, 0.25) is 0 Å². The molecule has 1 unspecified atom stereocenters. The first kappa shape index (κ1) is 71.0. The van der Waals surface area contributed by atoms with Gasteiger partial charge in [-0.3, -0.25) is 14.4 Å². The summed E-state index contributed by atoms with van der Waals surface area (Å²) in [5.74, 6) is -0.959. The van der Waals surface area contributed by atoms with E-state index < -0.39 is 6.10 Å². The summed E-state index contributed by atoms with van der Waals surface area (Å²) in [6.45, 7) is 6.33. The van der Waals surface area contributed by atoms with E-state index in [4.69, 9.17) is 14.2 Å². The largest absolute Gasteiger partial charge is 0.462 e. The van der Waals surface area contributed by atoms with Crippen molar-refractivity contribution in [3.05, 3.63) is 158 Å². The fraction of sp³-hybridized carbons (Fsp3) is 0.586. The predicted octanol–water partition coefficient (Wildman–Crippen LogP) is 20.9. The summed E-state index contributed by atoms with van der Waals surface area (Å²) in [4.78, 5) is 38.1. The molecule has 6 nitrogen and oxygen atoms in total. The van der Waals surface area contributed by atoms with E-state index in [-0.39, 0.29) is 31.1 Å². The highest BCUT2D eigenvalue weighted by molar-refractivity contribution is 5.71. The minimum Gasteiger partial charge on any atom is -0.462 e. The molecular formula is C70H110O6. The standard InChI is InChI=1S/C70H110O6/c1-4-7-10-13-16-19-21-23-25-27-29-30-31-32-33-34-35-36-37-38-39-40-42-43-45-47-49-51-54-57-60-63-69(72)75-66-67(65-74-68(71)62-59-56-53-18-15-12-9-6-3)76-70(73)64-61-58-55-52-50-48-46-44-41-28-26-24-22-20-17-14-11-8-5-2/h7-8,10-11,16-17,19-20,23-26,29-30,32-33,35-36,38-39,41-44,47,49,67H,4-6,9,12-15,18,21-22,27-28,31,34,37,40,45-46,48,50-66H2,1-3H3/b10-7-,11-8-,19-16-,20-17-,25-23-,26-24-,30-29-,33-32-,36-35-,39-38-,43-42-,44-41-,49-47-. The minimum atomic E-state index is -0.805. The Kier molecular flexibility index (Phi) is 58.5. The first-order valence-electron chi connectivity index (χ1n) is 30.5. The van der Waals surface area contributed by atoms with E-state index in [0.29, 0.717) is 19.3 Å². The van der Waals surface area contributed by atoms with Gasteiger partial charge in [-0.05, 0) is 128 Å². The lowest BCUT2D eigenvalue weighted by Crippen LogP contribution is -2.30. The highest BCUT2D eigenvalue weighted by Crippen LogP contribution is 2.13. The molecule has 0 N–H and O–H groups in total. The van der Waals surface area contributed by atoms with Crippen LogP contribution >= 0.6 is 0 Å². The van der Waals surface area contributed by atoms with E-state index in [0.717, 1.165) is 161 Å². The number of unbranched alkanes of at least 4 members (excludes halogenated alkanes) is 16. The van der Waals surface area contributed by atoms with Gasteiger partial charge in [0.15, 0.2) is 6.10 Å². The first-order chi connectivity index (χ1) is 37.5. The van der Waals surface area contributed by atoms with E-state index in [1.54, 1.807) is 0 Å². The summed E-state index contributed by atoms with van der Waals surface area (Å²) in [5, 5.41) is 0. The third-order valence-corrected chi connectivity index (χ3v) is 12.3. The van der Waals surface area contributed by atoms with Crippen LogP contribution in [0.3, 0.4) is 0 Å². The van der Waals surface area contributed by atoms with Gasteiger partial charge in [0, 0.05) is 19.3 Å². The zero-order chi connectivity index (χ0) is 55.0. The highest BCUT2D eigenvalue weighted by Gasteiger charge is 2.19. The number of hydrogen-bond donors (Lipinski definition) is 0. The first-order valence-corrected chi connectivity index (χ1v) is 30.5. The van der Waals surface area contributed by atoms with Gasteiger partial charge in [-0.15, -0.1) is 0 Å². The van der Waals surface area contributed by atoms with Crippen LogP contribution in [0.1, 0.15) is 245 Å². The summed E-state index contributed by atoms with van der Waals surface area (Å²) >= 11 is 0. The van der Waals surface area contributed by atoms with Crippen LogP contribution in [0, 0.1) is 0 Å². The second-order valence-electron chi connectivity index (χ2n) is 19.5. The van der Waals surface area contributed by atoms with Gasteiger partial charge in [-0.2, -0.15) is 0 Å². The lowest BCUT2D eigenvalue weighted by atomic mass is 10.1. The van der Waals surface area contributed by atoms with Crippen LogP contribution in [0.5, 0.6) is 0 Å². The van der Waals surface area contributed by atoms with E-state index >= 15 is 0 Å². The molecule has 0 heterocycles. The maximum absolute atomic E-state index is 12.8. The Morgan fingerprint density at radius 2 is 0.513 bits per heavy atom. The molecule has 0 spiro atoms. The number of esters is 3. The molecule has 0 fully saturated rings. The van der Waals surface area contributed by atoms with Crippen molar-refractivity contribution in [3.8, 4) is 0 Å². The summed E-state index contributed by atoms with van der Waals surface area (Å²) in [7, 11) is 0. The van der Waals surface area contributed by atoms with E-state index in [9.17, 15) is 14.4 Å². The average molecular weight is 1050 g/mol. The molecule has 0 bridgehead atoms. The van der Waals surface area contributed by atoms with E-state index in [2.05, 4.69) is 179 Å². The Morgan fingerprint density at radius 1 is 0.276 bits per heavy atom. The second-order valence-corrected chi connectivity index (χ2v) is 19.5. The van der Waals surface area contributed by atoms with Crippen molar-refractivity contribution in [2.45, 2.75) is 252 Å². The zero-order valence-electron chi connectivity index (χ0n) is 48.7. The van der Waals surface area contributed by atoms with Crippen LogP contribution in [0.4, 0.5) is 0 Å². The number of hydrogen-bond acceptors (Lipinski definition) is 6. The third kappa shape index (κ3) is 59.9. The molecule has 0 aromatic rings. The smallest absolute Gasteiger partial charge is 0.306 e. The Labute approximate surface area is 467 Å². The molecule has 0 aromatic heterocycles. The van der Waals surface area contributed by atoms with Crippen LogP contribution in [0.2, 0.25) is 0 Å². The number of carbonyl (C=O) groups excluding carboxylic acids is 3. The molecule has 0 saturated carbocycles. The Morgan fingerprint density at radius 3 is 0.816 bits per heavy atom. The molecule has 0 rings (SSSR count). The summed E-state index contributed by atoms with van der Waals surface area (Å²) < 4.78 is 16.8.